The number of benzene rings is 1. The van der Waals surface area contributed by atoms with E-state index in [0.717, 1.165) is 25.5 Å². The van der Waals surface area contributed by atoms with Gasteiger partial charge >= 0.3 is 0 Å². The molecule has 74 valence electrons. The second kappa shape index (κ2) is 3.23. The lowest BCUT2D eigenvalue weighted by molar-refractivity contribution is -0.115. The van der Waals surface area contributed by atoms with Crippen LogP contribution in [0.4, 0.5) is 0 Å². The molecule has 0 N–H and O–H groups in total. The van der Waals surface area contributed by atoms with Crippen molar-refractivity contribution in [2.45, 2.75) is 33.1 Å². The van der Waals surface area contributed by atoms with E-state index in [4.69, 9.17) is 0 Å². The molecule has 1 nitrogen and oxygen atoms in total. The van der Waals surface area contributed by atoms with Crippen LogP contribution in [0.3, 0.4) is 0 Å². The molecule has 2 rings (SSSR count). The maximum atomic E-state index is 11.0. The van der Waals surface area contributed by atoms with Gasteiger partial charge in [-0.3, -0.25) is 0 Å². The minimum Gasteiger partial charge on any atom is -0.303 e. The van der Waals surface area contributed by atoms with Crippen molar-refractivity contribution in [3.8, 4) is 0 Å². The summed E-state index contributed by atoms with van der Waals surface area (Å²) < 4.78 is 0. The molecule has 1 aliphatic carbocycles. The molecule has 0 amide bonds. The fourth-order valence-corrected chi connectivity index (χ4v) is 2.25. The van der Waals surface area contributed by atoms with Gasteiger partial charge in [0.05, 0.1) is 0 Å². The minimum atomic E-state index is -0.144. The number of fused-ring (bicyclic) bond motifs is 1. The summed E-state index contributed by atoms with van der Waals surface area (Å²) in [5, 5.41) is 0. The lowest BCUT2D eigenvalue weighted by atomic mass is 9.89. The van der Waals surface area contributed by atoms with E-state index in [2.05, 4.69) is 25.1 Å². The summed E-state index contributed by atoms with van der Waals surface area (Å²) in [6.45, 7) is 4.21. The van der Waals surface area contributed by atoms with Crippen molar-refractivity contribution < 1.29 is 4.79 Å². The maximum Gasteiger partial charge on any atom is 0.126 e. The summed E-state index contributed by atoms with van der Waals surface area (Å²) >= 11 is 0. The topological polar surface area (TPSA) is 17.1 Å². The largest absolute Gasteiger partial charge is 0.303 e. The minimum absolute atomic E-state index is 0.144. The number of aldehydes is 1. The van der Waals surface area contributed by atoms with Crippen molar-refractivity contribution in [1.82, 2.24) is 0 Å². The first-order chi connectivity index (χ1) is 6.67. The SMILES string of the molecule is CCc1ccc2c(c1)C[C@@](C)(C=O)C2. The molecule has 0 fully saturated rings. The molecule has 0 aliphatic heterocycles. The Hall–Kier alpha value is -1.11. The molecule has 1 aromatic carbocycles. The number of aryl methyl sites for hydroxylation is 1. The van der Waals surface area contributed by atoms with Crippen molar-refractivity contribution in [3.05, 3.63) is 34.9 Å². The highest BCUT2D eigenvalue weighted by molar-refractivity contribution is 5.63. The molecular formula is C13H16O. The predicted molar refractivity (Wildman–Crippen MR) is 57.4 cm³/mol. The van der Waals surface area contributed by atoms with E-state index in [1.807, 2.05) is 6.92 Å². The Balaban J connectivity index is 2.35. The Morgan fingerprint density at radius 1 is 1.36 bits per heavy atom. The fourth-order valence-electron chi connectivity index (χ4n) is 2.25. The highest BCUT2D eigenvalue weighted by Crippen LogP contribution is 2.35. The number of rotatable bonds is 2. The third-order valence-electron chi connectivity index (χ3n) is 3.15. The standard InChI is InChI=1S/C13H16O/c1-3-10-4-5-11-7-13(2,9-14)8-12(11)6-10/h4-6,9H,3,7-8H2,1-2H3/t13-/m0/s1. The van der Waals surface area contributed by atoms with Crippen molar-refractivity contribution >= 4 is 6.29 Å². The zero-order chi connectivity index (χ0) is 10.2. The van der Waals surface area contributed by atoms with Gasteiger partial charge in [0.1, 0.15) is 6.29 Å². The molecule has 1 aromatic rings. The highest BCUT2D eigenvalue weighted by Gasteiger charge is 2.32. The molecule has 0 bridgehead atoms. The Bertz CT molecular complexity index is 367. The van der Waals surface area contributed by atoms with Gasteiger partial charge in [0.2, 0.25) is 0 Å². The normalized spacial score (nSPS) is 24.7. The van der Waals surface area contributed by atoms with Crippen LogP contribution in [0.15, 0.2) is 18.2 Å². The number of hydrogen-bond donors (Lipinski definition) is 0. The van der Waals surface area contributed by atoms with Gasteiger partial charge in [-0.05, 0) is 36.0 Å². The molecule has 1 aliphatic rings. The average molecular weight is 188 g/mol. The van der Waals surface area contributed by atoms with E-state index in [1.165, 1.54) is 16.7 Å². The van der Waals surface area contributed by atoms with Gasteiger partial charge in [-0.1, -0.05) is 32.0 Å². The summed E-state index contributed by atoms with van der Waals surface area (Å²) in [7, 11) is 0. The van der Waals surface area contributed by atoms with Crippen LogP contribution >= 0.6 is 0 Å². The van der Waals surface area contributed by atoms with Crippen LogP contribution in [0.2, 0.25) is 0 Å². The highest BCUT2D eigenvalue weighted by atomic mass is 16.1. The Morgan fingerprint density at radius 3 is 2.71 bits per heavy atom. The first-order valence-electron chi connectivity index (χ1n) is 5.24. The van der Waals surface area contributed by atoms with Gasteiger partial charge in [0.25, 0.3) is 0 Å². The van der Waals surface area contributed by atoms with Crippen LogP contribution in [-0.2, 0) is 24.1 Å². The Kier molecular flexibility index (Phi) is 2.18. The lowest BCUT2D eigenvalue weighted by Crippen LogP contribution is -2.17. The van der Waals surface area contributed by atoms with E-state index >= 15 is 0 Å². The fraction of sp³-hybridized carbons (Fsp3) is 0.462. The molecule has 0 saturated heterocycles. The van der Waals surface area contributed by atoms with Crippen molar-refractivity contribution in [2.24, 2.45) is 5.41 Å². The third-order valence-corrected chi connectivity index (χ3v) is 3.15. The van der Waals surface area contributed by atoms with Gasteiger partial charge < -0.3 is 4.79 Å². The molecule has 0 radical (unpaired) electrons. The number of carbonyl (C=O) groups is 1. The third kappa shape index (κ3) is 1.47. The summed E-state index contributed by atoms with van der Waals surface area (Å²) in [4.78, 5) is 11.0. The monoisotopic (exact) mass is 188 g/mol. The first kappa shape index (κ1) is 9.45. The van der Waals surface area contributed by atoms with Gasteiger partial charge in [0, 0.05) is 5.41 Å². The molecule has 0 heterocycles. The molecule has 0 aromatic heterocycles. The second-order valence-electron chi connectivity index (χ2n) is 4.58. The van der Waals surface area contributed by atoms with E-state index < -0.39 is 0 Å². The van der Waals surface area contributed by atoms with Crippen molar-refractivity contribution in [1.29, 1.82) is 0 Å². The summed E-state index contributed by atoms with van der Waals surface area (Å²) in [5.41, 5.74) is 3.96. The molecule has 0 saturated carbocycles. The summed E-state index contributed by atoms with van der Waals surface area (Å²) in [6, 6.07) is 6.61. The van der Waals surface area contributed by atoms with Crippen molar-refractivity contribution in [3.63, 3.8) is 0 Å². The summed E-state index contributed by atoms with van der Waals surface area (Å²) in [5.74, 6) is 0. The zero-order valence-corrected chi connectivity index (χ0v) is 8.84. The quantitative estimate of drug-likeness (QED) is 0.652. The zero-order valence-electron chi connectivity index (χ0n) is 8.84. The predicted octanol–water partition coefficient (Wildman–Crippen LogP) is 2.55. The van der Waals surface area contributed by atoms with Crippen LogP contribution in [0.5, 0.6) is 0 Å². The van der Waals surface area contributed by atoms with Crippen LogP contribution in [0.25, 0.3) is 0 Å². The molecule has 14 heavy (non-hydrogen) atoms. The number of carbonyl (C=O) groups excluding carboxylic acids is 1. The number of hydrogen-bond acceptors (Lipinski definition) is 1. The van der Waals surface area contributed by atoms with Crippen molar-refractivity contribution in [2.75, 3.05) is 0 Å². The van der Waals surface area contributed by atoms with Gasteiger partial charge in [-0.15, -0.1) is 0 Å². The molecule has 0 spiro atoms. The van der Waals surface area contributed by atoms with E-state index in [9.17, 15) is 4.79 Å². The average Bonchev–Trinajstić information content (AvgIpc) is 2.54. The van der Waals surface area contributed by atoms with Gasteiger partial charge in [0.15, 0.2) is 0 Å². The Labute approximate surface area is 85.1 Å². The molecule has 0 unspecified atom stereocenters. The maximum absolute atomic E-state index is 11.0. The van der Waals surface area contributed by atoms with Gasteiger partial charge in [-0.2, -0.15) is 0 Å². The summed E-state index contributed by atoms with van der Waals surface area (Å²) in [6.07, 6.45) is 4.01. The van der Waals surface area contributed by atoms with E-state index in [1.54, 1.807) is 0 Å². The smallest absolute Gasteiger partial charge is 0.126 e. The van der Waals surface area contributed by atoms with E-state index in [-0.39, 0.29) is 5.41 Å². The van der Waals surface area contributed by atoms with Crippen LogP contribution in [0, 0.1) is 5.41 Å². The molecule has 1 atom stereocenters. The second-order valence-corrected chi connectivity index (χ2v) is 4.58. The first-order valence-corrected chi connectivity index (χ1v) is 5.24. The Morgan fingerprint density at radius 2 is 2.07 bits per heavy atom. The van der Waals surface area contributed by atoms with Gasteiger partial charge in [-0.25, -0.2) is 0 Å². The van der Waals surface area contributed by atoms with E-state index in [0.29, 0.717) is 0 Å². The molecule has 1 heteroatoms. The van der Waals surface area contributed by atoms with Crippen LogP contribution < -0.4 is 0 Å². The molecular weight excluding hydrogens is 172 g/mol. The lowest BCUT2D eigenvalue weighted by Gasteiger charge is -2.12. The van der Waals surface area contributed by atoms with Crippen LogP contribution in [0.1, 0.15) is 30.5 Å². The van der Waals surface area contributed by atoms with Crippen LogP contribution in [-0.4, -0.2) is 6.29 Å².